The Hall–Kier alpha value is -0.860. The highest BCUT2D eigenvalue weighted by Crippen LogP contribution is 2.36. The third-order valence-corrected chi connectivity index (χ3v) is 3.35. The summed E-state index contributed by atoms with van der Waals surface area (Å²) < 4.78 is 5.08. The third-order valence-electron chi connectivity index (χ3n) is 3.35. The summed E-state index contributed by atoms with van der Waals surface area (Å²) >= 11 is 0. The van der Waals surface area contributed by atoms with Gasteiger partial charge in [-0.1, -0.05) is 31.2 Å². The molecule has 0 spiro atoms. The van der Waals surface area contributed by atoms with E-state index in [1.165, 1.54) is 24.1 Å². The van der Waals surface area contributed by atoms with E-state index in [9.17, 15) is 0 Å². The highest BCUT2D eigenvalue weighted by Gasteiger charge is 2.31. The van der Waals surface area contributed by atoms with Gasteiger partial charge >= 0.3 is 0 Å². The average molecular weight is 219 g/mol. The Bertz CT molecular complexity index is 320. The predicted octanol–water partition coefficient (Wildman–Crippen LogP) is 2.58. The molecule has 0 bridgehead atoms. The lowest BCUT2D eigenvalue weighted by Gasteiger charge is -2.05. The third kappa shape index (κ3) is 3.32. The van der Waals surface area contributed by atoms with Crippen LogP contribution in [0.1, 0.15) is 24.5 Å². The Morgan fingerprint density at radius 1 is 1.25 bits per heavy atom. The Labute approximate surface area is 98.0 Å². The molecule has 1 aliphatic carbocycles. The molecule has 2 atom stereocenters. The van der Waals surface area contributed by atoms with E-state index in [1.807, 2.05) is 0 Å². The first kappa shape index (κ1) is 11.6. The lowest BCUT2D eigenvalue weighted by Crippen LogP contribution is -2.16. The fourth-order valence-corrected chi connectivity index (χ4v) is 2.01. The molecule has 0 aliphatic heterocycles. The number of ether oxygens (including phenoxy) is 1. The van der Waals surface area contributed by atoms with Crippen LogP contribution < -0.4 is 5.32 Å². The maximum absolute atomic E-state index is 5.08. The Morgan fingerprint density at radius 2 is 1.88 bits per heavy atom. The van der Waals surface area contributed by atoms with Gasteiger partial charge in [0.25, 0.3) is 0 Å². The molecule has 0 radical (unpaired) electrons. The van der Waals surface area contributed by atoms with Crippen molar-refractivity contribution in [2.45, 2.75) is 26.5 Å². The number of nitrogens with one attached hydrogen (secondary N) is 1. The standard InChI is InChI=1S/C14H21NO/c1-11-7-14(11)9-15-8-12-3-5-13(6-4-12)10-16-2/h3-6,11,14-15H,7-10H2,1-2H3. The number of hydrogen-bond donors (Lipinski definition) is 1. The summed E-state index contributed by atoms with van der Waals surface area (Å²) in [5, 5.41) is 3.51. The van der Waals surface area contributed by atoms with Crippen LogP contribution in [0.5, 0.6) is 0 Å². The van der Waals surface area contributed by atoms with Crippen molar-refractivity contribution in [3.05, 3.63) is 35.4 Å². The average Bonchev–Trinajstić information content (AvgIpc) is 2.98. The van der Waals surface area contributed by atoms with Gasteiger partial charge in [0.1, 0.15) is 0 Å². The van der Waals surface area contributed by atoms with Gasteiger partial charge in [0.15, 0.2) is 0 Å². The molecule has 2 heteroatoms. The molecule has 2 rings (SSSR count). The van der Waals surface area contributed by atoms with Crippen molar-refractivity contribution in [2.75, 3.05) is 13.7 Å². The first-order valence-electron chi connectivity index (χ1n) is 6.07. The molecular formula is C14H21NO. The van der Waals surface area contributed by atoms with Crippen molar-refractivity contribution >= 4 is 0 Å². The minimum atomic E-state index is 0.702. The second-order valence-corrected chi connectivity index (χ2v) is 4.85. The van der Waals surface area contributed by atoms with E-state index in [4.69, 9.17) is 4.74 Å². The monoisotopic (exact) mass is 219 g/mol. The van der Waals surface area contributed by atoms with Crippen molar-refractivity contribution < 1.29 is 4.74 Å². The van der Waals surface area contributed by atoms with E-state index < -0.39 is 0 Å². The normalized spacial score (nSPS) is 23.4. The van der Waals surface area contributed by atoms with Gasteiger partial charge in [-0.3, -0.25) is 0 Å². The summed E-state index contributed by atoms with van der Waals surface area (Å²) in [4.78, 5) is 0. The molecule has 1 aromatic rings. The van der Waals surface area contributed by atoms with E-state index in [0.29, 0.717) is 6.61 Å². The summed E-state index contributed by atoms with van der Waals surface area (Å²) in [5.74, 6) is 1.87. The molecule has 1 fully saturated rings. The van der Waals surface area contributed by atoms with Crippen molar-refractivity contribution in [3.8, 4) is 0 Å². The quantitative estimate of drug-likeness (QED) is 0.794. The Kier molecular flexibility index (Phi) is 3.97. The first-order chi connectivity index (χ1) is 7.79. The lowest BCUT2D eigenvalue weighted by atomic mass is 10.1. The molecule has 0 aromatic heterocycles. The number of hydrogen-bond acceptors (Lipinski definition) is 2. The van der Waals surface area contributed by atoms with E-state index >= 15 is 0 Å². The number of benzene rings is 1. The van der Waals surface area contributed by atoms with Crippen molar-refractivity contribution in [1.29, 1.82) is 0 Å². The van der Waals surface area contributed by atoms with E-state index in [1.54, 1.807) is 7.11 Å². The smallest absolute Gasteiger partial charge is 0.0713 e. The zero-order valence-electron chi connectivity index (χ0n) is 10.2. The van der Waals surface area contributed by atoms with Crippen LogP contribution in [0.2, 0.25) is 0 Å². The summed E-state index contributed by atoms with van der Waals surface area (Å²) in [5.41, 5.74) is 2.59. The minimum Gasteiger partial charge on any atom is -0.380 e. The van der Waals surface area contributed by atoms with E-state index in [-0.39, 0.29) is 0 Å². The Balaban J connectivity index is 1.72. The van der Waals surface area contributed by atoms with Gasteiger partial charge < -0.3 is 10.1 Å². The molecular weight excluding hydrogens is 198 g/mol. The summed E-state index contributed by atoms with van der Waals surface area (Å²) in [6.45, 7) is 5.18. The van der Waals surface area contributed by atoms with Crippen LogP contribution in [0.25, 0.3) is 0 Å². The zero-order valence-corrected chi connectivity index (χ0v) is 10.2. The SMILES string of the molecule is COCc1ccc(CNCC2CC2C)cc1. The van der Waals surface area contributed by atoms with Gasteiger partial charge in [0.2, 0.25) is 0 Å². The van der Waals surface area contributed by atoms with Crippen LogP contribution in [0, 0.1) is 11.8 Å². The molecule has 88 valence electrons. The minimum absolute atomic E-state index is 0.702. The molecule has 2 nitrogen and oxygen atoms in total. The molecule has 1 N–H and O–H groups in total. The van der Waals surface area contributed by atoms with E-state index in [0.717, 1.165) is 18.4 Å². The van der Waals surface area contributed by atoms with E-state index in [2.05, 4.69) is 36.5 Å². The largest absolute Gasteiger partial charge is 0.380 e. The highest BCUT2D eigenvalue weighted by molar-refractivity contribution is 5.21. The molecule has 2 unspecified atom stereocenters. The van der Waals surface area contributed by atoms with Gasteiger partial charge in [-0.2, -0.15) is 0 Å². The Morgan fingerprint density at radius 3 is 2.44 bits per heavy atom. The van der Waals surface area contributed by atoms with Gasteiger partial charge in [0, 0.05) is 13.7 Å². The van der Waals surface area contributed by atoms with Crippen LogP contribution in [0.3, 0.4) is 0 Å². The zero-order chi connectivity index (χ0) is 11.4. The molecule has 1 saturated carbocycles. The van der Waals surface area contributed by atoms with Crippen LogP contribution >= 0.6 is 0 Å². The maximum atomic E-state index is 5.08. The molecule has 1 aromatic carbocycles. The van der Waals surface area contributed by atoms with Crippen molar-refractivity contribution in [1.82, 2.24) is 5.32 Å². The van der Waals surface area contributed by atoms with Gasteiger partial charge in [0.05, 0.1) is 6.61 Å². The number of methoxy groups -OCH3 is 1. The van der Waals surface area contributed by atoms with Gasteiger partial charge in [-0.05, 0) is 35.9 Å². The summed E-state index contributed by atoms with van der Waals surface area (Å²) in [6.07, 6.45) is 1.40. The fraction of sp³-hybridized carbons (Fsp3) is 0.571. The first-order valence-corrected chi connectivity index (χ1v) is 6.07. The van der Waals surface area contributed by atoms with Crippen LogP contribution in [-0.2, 0) is 17.9 Å². The maximum Gasteiger partial charge on any atom is 0.0713 e. The second-order valence-electron chi connectivity index (χ2n) is 4.85. The highest BCUT2D eigenvalue weighted by atomic mass is 16.5. The van der Waals surface area contributed by atoms with Crippen LogP contribution in [-0.4, -0.2) is 13.7 Å². The van der Waals surface area contributed by atoms with Crippen LogP contribution in [0.15, 0.2) is 24.3 Å². The molecule has 0 amide bonds. The van der Waals surface area contributed by atoms with Crippen molar-refractivity contribution in [2.24, 2.45) is 11.8 Å². The second kappa shape index (κ2) is 5.46. The summed E-state index contributed by atoms with van der Waals surface area (Å²) in [6, 6.07) is 8.63. The predicted molar refractivity (Wildman–Crippen MR) is 66.1 cm³/mol. The molecule has 0 heterocycles. The molecule has 0 saturated heterocycles. The van der Waals surface area contributed by atoms with Gasteiger partial charge in [-0.15, -0.1) is 0 Å². The van der Waals surface area contributed by atoms with Crippen molar-refractivity contribution in [3.63, 3.8) is 0 Å². The summed E-state index contributed by atoms with van der Waals surface area (Å²) in [7, 11) is 1.73. The fourth-order valence-electron chi connectivity index (χ4n) is 2.01. The number of rotatable bonds is 6. The van der Waals surface area contributed by atoms with Crippen LogP contribution in [0.4, 0.5) is 0 Å². The topological polar surface area (TPSA) is 21.3 Å². The van der Waals surface area contributed by atoms with Gasteiger partial charge in [-0.25, -0.2) is 0 Å². The lowest BCUT2D eigenvalue weighted by molar-refractivity contribution is 0.185. The molecule has 1 aliphatic rings. The molecule has 16 heavy (non-hydrogen) atoms.